The number of ketones is 1. The van der Waals surface area contributed by atoms with Crippen molar-refractivity contribution in [3.8, 4) is 0 Å². The van der Waals surface area contributed by atoms with Crippen LogP contribution in [-0.4, -0.2) is 23.6 Å². The summed E-state index contributed by atoms with van der Waals surface area (Å²) in [6.45, 7) is 1.57. The smallest absolute Gasteiger partial charge is 0.151 e. The Balaban J connectivity index is 2.94. The molecule has 0 saturated carbocycles. The molecule has 0 spiro atoms. The Hall–Kier alpha value is -1.75. The molecule has 5 heteroatoms. The summed E-state index contributed by atoms with van der Waals surface area (Å²) in [6.07, 6.45) is 2.29. The van der Waals surface area contributed by atoms with Crippen molar-refractivity contribution in [2.75, 3.05) is 11.9 Å². The molecule has 0 saturated heterocycles. The average molecular weight is 207 g/mol. The minimum absolute atomic E-state index is 0.142. The van der Waals surface area contributed by atoms with Gasteiger partial charge in [-0.2, -0.15) is 0 Å². The number of nitrogens with two attached hydrogens (primary N) is 1. The number of nitrogens with one attached hydrogen (secondary N) is 1. The number of carbonyl (C=O) groups excluding carboxylic acids is 2. The van der Waals surface area contributed by atoms with Gasteiger partial charge in [-0.25, -0.2) is 4.98 Å². The Morgan fingerprint density at radius 3 is 3.07 bits per heavy atom. The standard InChI is InChI=1S/C10H13N3O2/c1-7(15)9(11)8-3-2-4-12-10(8)13-5-6-14/h2-4,6,9H,5,11H2,1H3,(H,12,13). The number of aromatic nitrogens is 1. The Kier molecular flexibility index (Phi) is 3.93. The van der Waals surface area contributed by atoms with Crippen molar-refractivity contribution in [1.82, 2.24) is 4.98 Å². The topological polar surface area (TPSA) is 85.1 Å². The number of hydrogen-bond donors (Lipinski definition) is 2. The first-order chi connectivity index (χ1) is 7.16. The molecule has 0 aliphatic rings. The van der Waals surface area contributed by atoms with Gasteiger partial charge in [-0.05, 0) is 13.0 Å². The van der Waals surface area contributed by atoms with Crippen molar-refractivity contribution in [2.45, 2.75) is 13.0 Å². The molecule has 1 rings (SSSR count). The molecule has 5 nitrogen and oxygen atoms in total. The van der Waals surface area contributed by atoms with E-state index in [0.29, 0.717) is 11.4 Å². The highest BCUT2D eigenvalue weighted by Crippen LogP contribution is 2.18. The molecule has 1 heterocycles. The number of nitrogens with zero attached hydrogens (tertiary/aromatic N) is 1. The van der Waals surface area contributed by atoms with Gasteiger partial charge in [0.1, 0.15) is 12.1 Å². The molecule has 0 aliphatic heterocycles. The lowest BCUT2D eigenvalue weighted by Crippen LogP contribution is -2.21. The van der Waals surface area contributed by atoms with Crippen molar-refractivity contribution in [3.63, 3.8) is 0 Å². The molecule has 1 unspecified atom stereocenters. The van der Waals surface area contributed by atoms with Crippen LogP contribution in [0.1, 0.15) is 18.5 Å². The maximum Gasteiger partial charge on any atom is 0.151 e. The minimum Gasteiger partial charge on any atom is -0.363 e. The third kappa shape index (κ3) is 2.85. The van der Waals surface area contributed by atoms with E-state index >= 15 is 0 Å². The van der Waals surface area contributed by atoms with Gasteiger partial charge in [0.25, 0.3) is 0 Å². The molecule has 0 radical (unpaired) electrons. The SMILES string of the molecule is CC(=O)C(N)c1cccnc1NCC=O. The lowest BCUT2D eigenvalue weighted by molar-refractivity contribution is -0.118. The quantitative estimate of drug-likeness (QED) is 0.677. The lowest BCUT2D eigenvalue weighted by atomic mass is 10.1. The fourth-order valence-corrected chi connectivity index (χ4v) is 1.17. The Morgan fingerprint density at radius 2 is 2.47 bits per heavy atom. The first-order valence-corrected chi connectivity index (χ1v) is 4.55. The number of anilines is 1. The van der Waals surface area contributed by atoms with Crippen LogP contribution in [0.15, 0.2) is 18.3 Å². The summed E-state index contributed by atoms with van der Waals surface area (Å²) in [4.78, 5) is 25.3. The molecule has 15 heavy (non-hydrogen) atoms. The van der Waals surface area contributed by atoms with E-state index in [-0.39, 0.29) is 12.3 Å². The van der Waals surface area contributed by atoms with Crippen molar-refractivity contribution < 1.29 is 9.59 Å². The molecular weight excluding hydrogens is 194 g/mol. The van der Waals surface area contributed by atoms with Gasteiger partial charge in [-0.3, -0.25) is 4.79 Å². The van der Waals surface area contributed by atoms with Gasteiger partial charge >= 0.3 is 0 Å². The van der Waals surface area contributed by atoms with Crippen LogP contribution in [0, 0.1) is 0 Å². The predicted molar refractivity (Wildman–Crippen MR) is 56.4 cm³/mol. The van der Waals surface area contributed by atoms with E-state index in [1.54, 1.807) is 18.3 Å². The van der Waals surface area contributed by atoms with Crippen molar-refractivity contribution >= 4 is 17.9 Å². The number of hydrogen-bond acceptors (Lipinski definition) is 5. The minimum atomic E-state index is -0.701. The van der Waals surface area contributed by atoms with Crippen molar-refractivity contribution in [3.05, 3.63) is 23.9 Å². The highest BCUT2D eigenvalue weighted by molar-refractivity contribution is 5.84. The first kappa shape index (κ1) is 11.3. The van der Waals surface area contributed by atoms with E-state index in [1.165, 1.54) is 6.92 Å². The zero-order chi connectivity index (χ0) is 11.3. The number of pyridine rings is 1. The maximum atomic E-state index is 11.1. The summed E-state index contributed by atoms with van der Waals surface area (Å²) in [5.41, 5.74) is 6.30. The van der Waals surface area contributed by atoms with E-state index in [4.69, 9.17) is 5.73 Å². The van der Waals surface area contributed by atoms with Crippen LogP contribution in [0.3, 0.4) is 0 Å². The molecule has 1 aromatic heterocycles. The Morgan fingerprint density at radius 1 is 1.73 bits per heavy atom. The summed E-state index contributed by atoms with van der Waals surface area (Å²) in [5.74, 6) is 0.337. The second kappa shape index (κ2) is 5.21. The fraction of sp³-hybridized carbons (Fsp3) is 0.300. The molecule has 80 valence electrons. The van der Waals surface area contributed by atoms with Gasteiger partial charge < -0.3 is 15.8 Å². The van der Waals surface area contributed by atoms with E-state index < -0.39 is 6.04 Å². The lowest BCUT2D eigenvalue weighted by Gasteiger charge is -2.12. The average Bonchev–Trinajstić information content (AvgIpc) is 2.25. The van der Waals surface area contributed by atoms with Gasteiger partial charge in [-0.15, -0.1) is 0 Å². The summed E-state index contributed by atoms with van der Waals surface area (Å²) in [5, 5.41) is 2.79. The van der Waals surface area contributed by atoms with E-state index in [1.807, 2.05) is 0 Å². The van der Waals surface area contributed by atoms with E-state index in [9.17, 15) is 9.59 Å². The highest BCUT2D eigenvalue weighted by atomic mass is 16.1. The monoisotopic (exact) mass is 207 g/mol. The molecule has 0 bridgehead atoms. The largest absolute Gasteiger partial charge is 0.363 e. The summed E-state index contributed by atoms with van der Waals surface area (Å²) >= 11 is 0. The second-order valence-corrected chi connectivity index (χ2v) is 3.08. The summed E-state index contributed by atoms with van der Waals surface area (Å²) in [7, 11) is 0. The van der Waals surface area contributed by atoms with Crippen LogP contribution in [0.25, 0.3) is 0 Å². The van der Waals surface area contributed by atoms with Gasteiger partial charge in [0.15, 0.2) is 5.78 Å². The van der Waals surface area contributed by atoms with Crippen LogP contribution in [0.5, 0.6) is 0 Å². The number of Topliss-reactive ketones (excluding diaryl/α,β-unsaturated/α-hetero) is 1. The molecule has 0 amide bonds. The molecule has 0 aromatic carbocycles. The van der Waals surface area contributed by atoms with Crippen LogP contribution >= 0.6 is 0 Å². The number of carbonyl (C=O) groups is 2. The first-order valence-electron chi connectivity index (χ1n) is 4.55. The van der Waals surface area contributed by atoms with E-state index in [2.05, 4.69) is 10.3 Å². The summed E-state index contributed by atoms with van der Waals surface area (Å²) in [6, 6.07) is 2.71. The van der Waals surface area contributed by atoms with Crippen LogP contribution in [-0.2, 0) is 9.59 Å². The fourth-order valence-electron chi connectivity index (χ4n) is 1.17. The zero-order valence-corrected chi connectivity index (χ0v) is 8.43. The van der Waals surface area contributed by atoms with Gasteiger partial charge in [-0.1, -0.05) is 6.07 Å². The highest BCUT2D eigenvalue weighted by Gasteiger charge is 2.15. The van der Waals surface area contributed by atoms with Gasteiger partial charge in [0.05, 0.1) is 12.6 Å². The Labute approximate surface area is 87.7 Å². The molecular formula is C10H13N3O2. The number of rotatable bonds is 5. The Bertz CT molecular complexity index is 365. The second-order valence-electron chi connectivity index (χ2n) is 3.08. The van der Waals surface area contributed by atoms with Gasteiger partial charge in [0.2, 0.25) is 0 Å². The molecule has 3 N–H and O–H groups in total. The molecule has 1 atom stereocenters. The maximum absolute atomic E-state index is 11.1. The summed E-state index contributed by atoms with van der Waals surface area (Å²) < 4.78 is 0. The van der Waals surface area contributed by atoms with Crippen LogP contribution in [0.4, 0.5) is 5.82 Å². The number of aldehydes is 1. The van der Waals surface area contributed by atoms with Crippen molar-refractivity contribution in [2.24, 2.45) is 5.73 Å². The van der Waals surface area contributed by atoms with Crippen LogP contribution in [0.2, 0.25) is 0 Å². The van der Waals surface area contributed by atoms with Crippen LogP contribution < -0.4 is 11.1 Å². The third-order valence-corrected chi connectivity index (χ3v) is 1.96. The normalized spacial score (nSPS) is 11.9. The van der Waals surface area contributed by atoms with E-state index in [0.717, 1.165) is 6.29 Å². The molecule has 1 aromatic rings. The molecule has 0 aliphatic carbocycles. The zero-order valence-electron chi connectivity index (χ0n) is 8.43. The molecule has 0 fully saturated rings. The van der Waals surface area contributed by atoms with Crippen molar-refractivity contribution in [1.29, 1.82) is 0 Å². The predicted octanol–water partition coefficient (Wildman–Crippen LogP) is 0.281. The van der Waals surface area contributed by atoms with Gasteiger partial charge in [0, 0.05) is 11.8 Å². The third-order valence-electron chi connectivity index (χ3n) is 1.96.